The molecule has 7 heteroatoms. The lowest BCUT2D eigenvalue weighted by atomic mass is 9.96. The van der Waals surface area contributed by atoms with Crippen molar-refractivity contribution in [3.8, 4) is 11.5 Å². The first-order valence-electron chi connectivity index (χ1n) is 9.62. The van der Waals surface area contributed by atoms with Crippen LogP contribution in [0.4, 0.5) is 0 Å². The lowest BCUT2D eigenvalue weighted by Crippen LogP contribution is -2.29. The maximum absolute atomic E-state index is 12.0. The van der Waals surface area contributed by atoms with Crippen molar-refractivity contribution in [1.82, 2.24) is 5.16 Å². The fourth-order valence-electron chi connectivity index (χ4n) is 3.18. The van der Waals surface area contributed by atoms with Crippen LogP contribution in [-0.4, -0.2) is 30.1 Å². The molecule has 0 unspecified atom stereocenters. The number of nitrogens with zero attached hydrogens (tertiary/aromatic N) is 1. The predicted molar refractivity (Wildman–Crippen MR) is 106 cm³/mol. The van der Waals surface area contributed by atoms with Crippen molar-refractivity contribution in [1.29, 1.82) is 0 Å². The van der Waals surface area contributed by atoms with Gasteiger partial charge >= 0.3 is 5.97 Å². The zero-order chi connectivity index (χ0) is 20.8. The zero-order valence-corrected chi connectivity index (χ0v) is 16.9. The summed E-state index contributed by atoms with van der Waals surface area (Å²) in [6.07, 6.45) is 5.18. The molecule has 1 fully saturated rings. The molecule has 1 heterocycles. The number of Topliss-reactive ketones (excluding diaryl/α,β-unsaturated/α-hetero) is 1. The first-order chi connectivity index (χ1) is 14.0. The number of aryl methyl sites for hydroxylation is 2. The maximum Gasteiger partial charge on any atom is 0.331 e. The molecule has 2 aromatic rings. The summed E-state index contributed by atoms with van der Waals surface area (Å²) in [6, 6.07) is 5.34. The highest BCUT2D eigenvalue weighted by Crippen LogP contribution is 2.30. The Bertz CT molecular complexity index is 895. The Hall–Kier alpha value is -3.09. The van der Waals surface area contributed by atoms with Gasteiger partial charge in [-0.05, 0) is 56.9 Å². The van der Waals surface area contributed by atoms with Gasteiger partial charge in [0.25, 0.3) is 0 Å². The van der Waals surface area contributed by atoms with Crippen LogP contribution >= 0.6 is 0 Å². The first kappa shape index (κ1) is 20.6. The SMILES string of the molecule is COc1cc(/C=C/C(=O)O[C@@H]2CCCCC2=O)ccc1OCc1c(C)noc1C. The summed E-state index contributed by atoms with van der Waals surface area (Å²) in [5.74, 6) is 1.30. The second-order valence-corrected chi connectivity index (χ2v) is 6.97. The number of aromatic nitrogens is 1. The lowest BCUT2D eigenvalue weighted by Gasteiger charge is -2.19. The number of benzene rings is 1. The van der Waals surface area contributed by atoms with Crippen LogP contribution in [0.1, 0.15) is 48.3 Å². The number of esters is 1. The van der Waals surface area contributed by atoms with Crippen LogP contribution in [0.3, 0.4) is 0 Å². The van der Waals surface area contributed by atoms with Gasteiger partial charge in [0.05, 0.1) is 18.4 Å². The summed E-state index contributed by atoms with van der Waals surface area (Å²) >= 11 is 0. The fourth-order valence-corrected chi connectivity index (χ4v) is 3.18. The molecule has 1 aliphatic carbocycles. The molecule has 1 aromatic carbocycles. The van der Waals surface area contributed by atoms with Gasteiger partial charge in [-0.2, -0.15) is 0 Å². The maximum atomic E-state index is 12.0. The molecule has 1 aromatic heterocycles. The molecule has 0 N–H and O–H groups in total. The zero-order valence-electron chi connectivity index (χ0n) is 16.9. The molecule has 1 atom stereocenters. The Morgan fingerprint density at radius 2 is 2.10 bits per heavy atom. The minimum Gasteiger partial charge on any atom is -0.493 e. The summed E-state index contributed by atoms with van der Waals surface area (Å²) in [4.78, 5) is 23.8. The van der Waals surface area contributed by atoms with Crippen LogP contribution in [0.2, 0.25) is 0 Å². The van der Waals surface area contributed by atoms with E-state index in [1.54, 1.807) is 31.4 Å². The smallest absolute Gasteiger partial charge is 0.331 e. The van der Waals surface area contributed by atoms with Gasteiger partial charge in [-0.3, -0.25) is 4.79 Å². The molecule has 1 aliphatic rings. The van der Waals surface area contributed by atoms with Crippen LogP contribution in [0.15, 0.2) is 28.8 Å². The van der Waals surface area contributed by atoms with E-state index in [-0.39, 0.29) is 5.78 Å². The Balaban J connectivity index is 1.62. The standard InChI is InChI=1S/C22H25NO6/c1-14-17(15(2)29-23-14)13-27-20-10-8-16(12-21(20)26-3)9-11-22(25)28-19-7-5-4-6-18(19)24/h8-12,19H,4-7,13H2,1-3H3/b11-9+/t19-/m1/s1. The molecule has 154 valence electrons. The summed E-state index contributed by atoms with van der Waals surface area (Å²) < 4.78 is 21.7. The van der Waals surface area contributed by atoms with Gasteiger partial charge in [-0.25, -0.2) is 4.79 Å². The molecule has 7 nitrogen and oxygen atoms in total. The van der Waals surface area contributed by atoms with E-state index in [0.29, 0.717) is 30.9 Å². The first-order valence-corrected chi connectivity index (χ1v) is 9.62. The Morgan fingerprint density at radius 1 is 1.28 bits per heavy atom. The highest BCUT2D eigenvalue weighted by molar-refractivity contribution is 5.91. The van der Waals surface area contributed by atoms with E-state index in [4.69, 9.17) is 18.7 Å². The van der Waals surface area contributed by atoms with Gasteiger partial charge in [-0.1, -0.05) is 11.2 Å². The predicted octanol–water partition coefficient (Wildman–Crippen LogP) is 3.95. The summed E-state index contributed by atoms with van der Waals surface area (Å²) in [5, 5.41) is 3.91. The van der Waals surface area contributed by atoms with E-state index in [0.717, 1.165) is 35.4 Å². The Morgan fingerprint density at radius 3 is 2.79 bits per heavy atom. The molecule has 3 rings (SSSR count). The van der Waals surface area contributed by atoms with Gasteiger partial charge in [0.2, 0.25) is 0 Å². The Kier molecular flexibility index (Phi) is 6.69. The van der Waals surface area contributed by atoms with Crippen molar-refractivity contribution >= 4 is 17.8 Å². The molecule has 0 aliphatic heterocycles. The summed E-state index contributed by atoms with van der Waals surface area (Å²) in [7, 11) is 1.55. The second kappa shape index (κ2) is 9.41. The molecule has 1 saturated carbocycles. The van der Waals surface area contributed by atoms with Gasteiger partial charge in [0, 0.05) is 12.5 Å². The lowest BCUT2D eigenvalue weighted by molar-refractivity contribution is -0.152. The van der Waals surface area contributed by atoms with Gasteiger partial charge in [0.15, 0.2) is 23.4 Å². The number of carbonyl (C=O) groups is 2. The van der Waals surface area contributed by atoms with Crippen LogP contribution in [0, 0.1) is 13.8 Å². The quantitative estimate of drug-likeness (QED) is 0.514. The third-order valence-corrected chi connectivity index (χ3v) is 4.91. The van der Waals surface area contributed by atoms with Crippen molar-refractivity contribution in [3.05, 3.63) is 46.9 Å². The van der Waals surface area contributed by atoms with E-state index in [9.17, 15) is 9.59 Å². The monoisotopic (exact) mass is 399 g/mol. The van der Waals surface area contributed by atoms with Crippen molar-refractivity contribution in [2.75, 3.05) is 7.11 Å². The molecule has 0 spiro atoms. The molecule has 0 bridgehead atoms. The van der Waals surface area contributed by atoms with Gasteiger partial charge in [-0.15, -0.1) is 0 Å². The van der Waals surface area contributed by atoms with Crippen molar-refractivity contribution in [3.63, 3.8) is 0 Å². The van der Waals surface area contributed by atoms with Gasteiger partial charge in [0.1, 0.15) is 12.4 Å². The van der Waals surface area contributed by atoms with Crippen LogP contribution in [0.25, 0.3) is 6.08 Å². The minimum atomic E-state index is -0.615. The van der Waals surface area contributed by atoms with E-state index >= 15 is 0 Å². The van der Waals surface area contributed by atoms with Crippen LogP contribution < -0.4 is 9.47 Å². The average Bonchev–Trinajstić information content (AvgIpc) is 3.04. The van der Waals surface area contributed by atoms with Gasteiger partial charge < -0.3 is 18.7 Å². The number of rotatable bonds is 7. The molecular formula is C22H25NO6. The third kappa shape index (κ3) is 5.25. The topological polar surface area (TPSA) is 87.9 Å². The third-order valence-electron chi connectivity index (χ3n) is 4.91. The number of hydrogen-bond acceptors (Lipinski definition) is 7. The number of ketones is 1. The minimum absolute atomic E-state index is 0.000494. The largest absolute Gasteiger partial charge is 0.493 e. The van der Waals surface area contributed by atoms with Crippen molar-refractivity contribution in [2.45, 2.75) is 52.2 Å². The number of methoxy groups -OCH3 is 1. The molecule has 0 amide bonds. The summed E-state index contributed by atoms with van der Waals surface area (Å²) in [5.41, 5.74) is 2.44. The van der Waals surface area contributed by atoms with E-state index in [1.165, 1.54) is 6.08 Å². The molecule has 29 heavy (non-hydrogen) atoms. The fraction of sp³-hybridized carbons (Fsp3) is 0.409. The number of hydrogen-bond donors (Lipinski definition) is 0. The van der Waals surface area contributed by atoms with Crippen LogP contribution in [-0.2, 0) is 20.9 Å². The normalized spacial score (nSPS) is 16.8. The molecular weight excluding hydrogens is 374 g/mol. The number of carbonyl (C=O) groups excluding carboxylic acids is 2. The average molecular weight is 399 g/mol. The van der Waals surface area contributed by atoms with E-state index < -0.39 is 12.1 Å². The molecule has 0 radical (unpaired) electrons. The van der Waals surface area contributed by atoms with Crippen molar-refractivity contribution < 1.29 is 28.3 Å². The Labute approximate surface area is 169 Å². The van der Waals surface area contributed by atoms with E-state index in [1.807, 2.05) is 13.8 Å². The van der Waals surface area contributed by atoms with Crippen LogP contribution in [0.5, 0.6) is 11.5 Å². The highest BCUT2D eigenvalue weighted by atomic mass is 16.5. The number of ether oxygens (including phenoxy) is 3. The van der Waals surface area contributed by atoms with Crippen molar-refractivity contribution in [2.24, 2.45) is 0 Å². The molecule has 0 saturated heterocycles. The highest BCUT2D eigenvalue weighted by Gasteiger charge is 2.24. The summed E-state index contributed by atoms with van der Waals surface area (Å²) in [6.45, 7) is 4.01. The second-order valence-electron chi connectivity index (χ2n) is 6.97. The van der Waals surface area contributed by atoms with E-state index in [2.05, 4.69) is 5.16 Å².